The zero-order valence-electron chi connectivity index (χ0n) is 10.9. The Morgan fingerprint density at radius 3 is 2.65 bits per heavy atom. The molecule has 0 aromatic heterocycles. The van der Waals surface area contributed by atoms with Gasteiger partial charge >= 0.3 is 0 Å². The smallest absolute Gasteiger partial charge is 0.127 e. The predicted molar refractivity (Wildman–Crippen MR) is 89.9 cm³/mol. The van der Waals surface area contributed by atoms with Gasteiger partial charge in [0.15, 0.2) is 0 Å². The number of hydrogen-bond donors (Lipinski definition) is 0. The Labute approximate surface area is 140 Å². The van der Waals surface area contributed by atoms with E-state index in [-0.39, 0.29) is 5.38 Å². The highest BCUT2D eigenvalue weighted by Gasteiger charge is 2.24. The van der Waals surface area contributed by atoms with Gasteiger partial charge in [-0.3, -0.25) is 0 Å². The predicted octanol–water partition coefficient (Wildman–Crippen LogP) is 5.78. The number of aryl methyl sites for hydroxylation is 1. The van der Waals surface area contributed by atoms with Crippen LogP contribution in [0.4, 0.5) is 0 Å². The van der Waals surface area contributed by atoms with Crippen LogP contribution in [0.15, 0.2) is 39.3 Å². The quantitative estimate of drug-likeness (QED) is 0.564. The van der Waals surface area contributed by atoms with E-state index >= 15 is 0 Å². The molecule has 0 saturated heterocycles. The van der Waals surface area contributed by atoms with Gasteiger partial charge in [0.25, 0.3) is 0 Å². The summed E-state index contributed by atoms with van der Waals surface area (Å²) in [4.78, 5) is 0. The number of rotatable bonds is 2. The topological polar surface area (TPSA) is 9.23 Å². The highest BCUT2D eigenvalue weighted by atomic mass is 79.9. The maximum atomic E-state index is 6.74. The van der Waals surface area contributed by atoms with Crippen molar-refractivity contribution in [3.63, 3.8) is 0 Å². The maximum absolute atomic E-state index is 6.74. The third kappa shape index (κ3) is 2.63. The second kappa shape index (κ2) is 5.70. The summed E-state index contributed by atoms with van der Waals surface area (Å²) < 4.78 is 7.87. The molecule has 1 nitrogen and oxygen atoms in total. The van der Waals surface area contributed by atoms with Crippen LogP contribution in [0.1, 0.15) is 27.6 Å². The molecule has 0 saturated carbocycles. The highest BCUT2D eigenvalue weighted by molar-refractivity contribution is 9.10. The monoisotopic (exact) mass is 414 g/mol. The lowest BCUT2D eigenvalue weighted by Gasteiger charge is -2.17. The van der Waals surface area contributed by atoms with Crippen molar-refractivity contribution < 1.29 is 4.74 Å². The molecule has 0 radical (unpaired) electrons. The van der Waals surface area contributed by atoms with Gasteiger partial charge in [0.05, 0.1) is 12.0 Å². The van der Waals surface area contributed by atoms with E-state index < -0.39 is 0 Å². The highest BCUT2D eigenvalue weighted by Crippen LogP contribution is 2.42. The molecular weight excluding hydrogens is 403 g/mol. The van der Waals surface area contributed by atoms with Crippen molar-refractivity contribution in [2.75, 3.05) is 6.61 Å². The summed E-state index contributed by atoms with van der Waals surface area (Å²) >= 11 is 13.8. The lowest BCUT2D eigenvalue weighted by Crippen LogP contribution is -2.00. The van der Waals surface area contributed by atoms with Gasteiger partial charge < -0.3 is 4.74 Å². The SMILES string of the molecule is Cc1ccc(Br)cc1C(Cl)c1cc(Br)cc2c1OCC2. The van der Waals surface area contributed by atoms with Crippen LogP contribution in [0.3, 0.4) is 0 Å². The lowest BCUT2D eigenvalue weighted by atomic mass is 9.97. The number of halogens is 3. The molecule has 0 spiro atoms. The molecule has 2 aromatic rings. The van der Waals surface area contributed by atoms with Gasteiger partial charge in [0.1, 0.15) is 5.75 Å². The molecule has 1 aliphatic heterocycles. The van der Waals surface area contributed by atoms with Crippen molar-refractivity contribution >= 4 is 43.5 Å². The van der Waals surface area contributed by atoms with Gasteiger partial charge in [-0.2, -0.15) is 0 Å². The molecule has 1 atom stereocenters. The molecule has 0 fully saturated rings. The number of alkyl halides is 1. The summed E-state index contributed by atoms with van der Waals surface area (Å²) in [5.74, 6) is 0.951. The van der Waals surface area contributed by atoms with Crippen LogP contribution in [0.25, 0.3) is 0 Å². The number of benzene rings is 2. The Balaban J connectivity index is 2.11. The van der Waals surface area contributed by atoms with E-state index in [0.29, 0.717) is 0 Å². The van der Waals surface area contributed by atoms with Crippen LogP contribution in [0, 0.1) is 6.92 Å². The van der Waals surface area contributed by atoms with Crippen molar-refractivity contribution in [3.05, 3.63) is 61.5 Å². The standard InChI is InChI=1S/C16H13Br2ClO/c1-9-2-3-11(17)7-13(9)15(19)14-8-12(18)6-10-4-5-20-16(10)14/h2-3,6-8,15H,4-5H2,1H3. The Morgan fingerprint density at radius 1 is 1.10 bits per heavy atom. The number of hydrogen-bond acceptors (Lipinski definition) is 1. The van der Waals surface area contributed by atoms with E-state index in [1.165, 1.54) is 11.1 Å². The summed E-state index contributed by atoms with van der Waals surface area (Å²) in [5, 5.41) is -0.211. The molecule has 104 valence electrons. The Hall–Kier alpha value is -0.510. The van der Waals surface area contributed by atoms with E-state index in [0.717, 1.165) is 38.8 Å². The summed E-state index contributed by atoms with van der Waals surface area (Å²) in [6.07, 6.45) is 0.947. The molecule has 4 heteroatoms. The van der Waals surface area contributed by atoms with Crippen molar-refractivity contribution in [2.45, 2.75) is 18.7 Å². The normalized spacial score (nSPS) is 14.8. The number of fused-ring (bicyclic) bond motifs is 1. The Bertz CT molecular complexity index is 670. The van der Waals surface area contributed by atoms with E-state index in [1.807, 2.05) is 6.07 Å². The second-order valence-electron chi connectivity index (χ2n) is 4.95. The third-order valence-corrected chi connectivity index (χ3v) is 4.99. The van der Waals surface area contributed by atoms with Crippen LogP contribution in [0.2, 0.25) is 0 Å². The van der Waals surface area contributed by atoms with Crippen LogP contribution in [0.5, 0.6) is 5.75 Å². The maximum Gasteiger partial charge on any atom is 0.127 e. The Kier molecular flexibility index (Phi) is 4.11. The van der Waals surface area contributed by atoms with Crippen LogP contribution in [-0.2, 0) is 6.42 Å². The van der Waals surface area contributed by atoms with Crippen molar-refractivity contribution in [3.8, 4) is 5.75 Å². The van der Waals surface area contributed by atoms with Crippen LogP contribution in [-0.4, -0.2) is 6.61 Å². The van der Waals surface area contributed by atoms with Gasteiger partial charge in [-0.05, 0) is 47.9 Å². The first-order valence-corrected chi connectivity index (χ1v) is 8.44. The molecule has 0 amide bonds. The largest absolute Gasteiger partial charge is 0.493 e. The molecule has 1 unspecified atom stereocenters. The molecule has 1 heterocycles. The van der Waals surface area contributed by atoms with Crippen molar-refractivity contribution in [2.24, 2.45) is 0 Å². The summed E-state index contributed by atoms with van der Waals surface area (Å²) in [5.41, 5.74) is 4.55. The molecule has 0 N–H and O–H groups in total. The molecule has 0 bridgehead atoms. The molecular formula is C16H13Br2ClO. The van der Waals surface area contributed by atoms with Gasteiger partial charge in [0.2, 0.25) is 0 Å². The fourth-order valence-corrected chi connectivity index (χ4v) is 3.84. The minimum absolute atomic E-state index is 0.211. The summed E-state index contributed by atoms with van der Waals surface area (Å²) in [6.45, 7) is 2.82. The van der Waals surface area contributed by atoms with Crippen molar-refractivity contribution in [1.82, 2.24) is 0 Å². The minimum Gasteiger partial charge on any atom is -0.493 e. The molecule has 2 aromatic carbocycles. The molecule has 1 aliphatic rings. The van der Waals surface area contributed by atoms with Crippen LogP contribution < -0.4 is 4.74 Å². The molecule has 0 aliphatic carbocycles. The molecule has 3 rings (SSSR count). The third-order valence-electron chi connectivity index (χ3n) is 3.56. The van der Waals surface area contributed by atoms with Crippen molar-refractivity contribution in [1.29, 1.82) is 0 Å². The second-order valence-corrected chi connectivity index (χ2v) is 7.21. The Morgan fingerprint density at radius 2 is 1.85 bits per heavy atom. The van der Waals surface area contributed by atoms with E-state index in [9.17, 15) is 0 Å². The summed E-state index contributed by atoms with van der Waals surface area (Å²) in [7, 11) is 0. The van der Waals surface area contributed by atoms with Gasteiger partial charge in [0, 0.05) is 20.9 Å². The minimum atomic E-state index is -0.211. The zero-order chi connectivity index (χ0) is 14.3. The fourth-order valence-electron chi connectivity index (χ4n) is 2.54. The fraction of sp³-hybridized carbons (Fsp3) is 0.250. The first-order chi connectivity index (χ1) is 9.56. The van der Waals surface area contributed by atoms with E-state index in [2.05, 4.69) is 63.0 Å². The van der Waals surface area contributed by atoms with Gasteiger partial charge in [-0.15, -0.1) is 11.6 Å². The van der Waals surface area contributed by atoms with E-state index in [4.69, 9.17) is 16.3 Å². The first kappa shape index (κ1) is 14.4. The number of ether oxygens (including phenoxy) is 1. The average Bonchev–Trinajstić information content (AvgIpc) is 2.87. The molecule has 20 heavy (non-hydrogen) atoms. The average molecular weight is 417 g/mol. The zero-order valence-corrected chi connectivity index (χ0v) is 14.8. The van der Waals surface area contributed by atoms with Gasteiger partial charge in [-0.1, -0.05) is 37.9 Å². The van der Waals surface area contributed by atoms with Crippen LogP contribution >= 0.6 is 43.5 Å². The summed E-state index contributed by atoms with van der Waals surface area (Å²) in [6, 6.07) is 10.4. The van der Waals surface area contributed by atoms with E-state index in [1.54, 1.807) is 0 Å². The first-order valence-electron chi connectivity index (χ1n) is 6.41. The lowest BCUT2D eigenvalue weighted by molar-refractivity contribution is 0.353. The van der Waals surface area contributed by atoms with Gasteiger partial charge in [-0.25, -0.2) is 0 Å².